The van der Waals surface area contributed by atoms with Gasteiger partial charge in [0.15, 0.2) is 0 Å². The molecule has 0 bridgehead atoms. The molecule has 21 heavy (non-hydrogen) atoms. The summed E-state index contributed by atoms with van der Waals surface area (Å²) in [6.45, 7) is 2.69. The highest BCUT2D eigenvalue weighted by Gasteiger charge is 2.07. The van der Waals surface area contributed by atoms with Gasteiger partial charge in [0.2, 0.25) is 0 Å². The van der Waals surface area contributed by atoms with E-state index in [-0.39, 0.29) is 0 Å². The molecule has 1 aromatic carbocycles. The Labute approximate surface area is 123 Å². The summed E-state index contributed by atoms with van der Waals surface area (Å²) in [5.74, 6) is 0.710. The van der Waals surface area contributed by atoms with Crippen LogP contribution in [0.25, 0.3) is 10.9 Å². The summed E-state index contributed by atoms with van der Waals surface area (Å²) in [5, 5.41) is 4.03. The summed E-state index contributed by atoms with van der Waals surface area (Å²) in [6, 6.07) is 9.96. The number of pyridine rings is 1. The van der Waals surface area contributed by atoms with Crippen molar-refractivity contribution in [2.75, 3.05) is 7.05 Å². The Bertz CT molecular complexity index is 768. The van der Waals surface area contributed by atoms with Crippen LogP contribution >= 0.6 is 0 Å². The van der Waals surface area contributed by atoms with Gasteiger partial charge in [0.05, 0.1) is 5.52 Å². The summed E-state index contributed by atoms with van der Waals surface area (Å²) in [4.78, 5) is 13.0. The summed E-state index contributed by atoms with van der Waals surface area (Å²) < 4.78 is 5.82. The molecule has 0 fully saturated rings. The number of rotatable bonds is 4. The molecule has 5 heteroatoms. The third kappa shape index (κ3) is 2.83. The normalized spacial score (nSPS) is 10.8. The van der Waals surface area contributed by atoms with E-state index in [0.717, 1.165) is 28.7 Å². The first-order valence-corrected chi connectivity index (χ1v) is 6.76. The number of ether oxygens (including phenoxy) is 1. The van der Waals surface area contributed by atoms with Gasteiger partial charge in [-0.25, -0.2) is 4.98 Å². The molecule has 3 rings (SSSR count). The second kappa shape index (κ2) is 5.85. The zero-order valence-electron chi connectivity index (χ0n) is 12.0. The van der Waals surface area contributed by atoms with Gasteiger partial charge < -0.3 is 10.1 Å². The van der Waals surface area contributed by atoms with Crippen LogP contribution in [-0.2, 0) is 6.54 Å². The van der Waals surface area contributed by atoms with E-state index in [4.69, 9.17) is 4.74 Å². The maximum absolute atomic E-state index is 5.82. The predicted molar refractivity (Wildman–Crippen MR) is 81.3 cm³/mol. The van der Waals surface area contributed by atoms with Gasteiger partial charge in [-0.15, -0.1) is 0 Å². The molecule has 0 saturated heterocycles. The van der Waals surface area contributed by atoms with Crippen molar-refractivity contribution < 1.29 is 4.74 Å². The molecule has 0 aliphatic carbocycles. The lowest BCUT2D eigenvalue weighted by atomic mass is 10.2. The standard InChI is InChI=1S/C16H16N4O/c1-11-12(9-17-2)10-19-16(20-11)21-15-7-3-6-14-13(15)5-4-8-18-14/h3-8,10,17H,9H2,1-2H3. The first-order chi connectivity index (χ1) is 10.3. The minimum atomic E-state index is 0.351. The molecule has 0 unspecified atom stereocenters. The van der Waals surface area contributed by atoms with Crippen molar-refractivity contribution in [3.8, 4) is 11.8 Å². The minimum absolute atomic E-state index is 0.351. The van der Waals surface area contributed by atoms with Gasteiger partial charge in [0, 0.05) is 35.6 Å². The summed E-state index contributed by atoms with van der Waals surface area (Å²) in [5.41, 5.74) is 2.86. The van der Waals surface area contributed by atoms with E-state index < -0.39 is 0 Å². The van der Waals surface area contributed by atoms with Gasteiger partial charge in [-0.05, 0) is 38.2 Å². The number of hydrogen-bond donors (Lipinski definition) is 1. The average molecular weight is 280 g/mol. The smallest absolute Gasteiger partial charge is 0.322 e. The number of benzene rings is 1. The second-order valence-corrected chi connectivity index (χ2v) is 4.72. The van der Waals surface area contributed by atoms with Crippen molar-refractivity contribution in [1.29, 1.82) is 0 Å². The lowest BCUT2D eigenvalue weighted by molar-refractivity contribution is 0.444. The molecular formula is C16H16N4O. The highest BCUT2D eigenvalue weighted by molar-refractivity contribution is 5.84. The number of nitrogens with zero attached hydrogens (tertiary/aromatic N) is 3. The quantitative estimate of drug-likeness (QED) is 0.796. The Hall–Kier alpha value is -2.53. The van der Waals surface area contributed by atoms with Crippen molar-refractivity contribution in [2.45, 2.75) is 13.5 Å². The van der Waals surface area contributed by atoms with Crippen LogP contribution < -0.4 is 10.1 Å². The fraction of sp³-hybridized carbons (Fsp3) is 0.188. The molecule has 0 aliphatic rings. The van der Waals surface area contributed by atoms with E-state index in [1.54, 1.807) is 12.4 Å². The van der Waals surface area contributed by atoms with E-state index in [1.807, 2.05) is 44.3 Å². The van der Waals surface area contributed by atoms with Crippen LogP contribution in [0.4, 0.5) is 0 Å². The van der Waals surface area contributed by atoms with Crippen molar-refractivity contribution >= 4 is 10.9 Å². The summed E-state index contributed by atoms with van der Waals surface area (Å²) >= 11 is 0. The van der Waals surface area contributed by atoms with Gasteiger partial charge in [0.1, 0.15) is 5.75 Å². The molecule has 0 saturated carbocycles. The van der Waals surface area contributed by atoms with E-state index in [9.17, 15) is 0 Å². The fourth-order valence-corrected chi connectivity index (χ4v) is 2.15. The third-order valence-electron chi connectivity index (χ3n) is 3.23. The Morgan fingerprint density at radius 1 is 1.14 bits per heavy atom. The van der Waals surface area contributed by atoms with Crippen LogP contribution in [0.3, 0.4) is 0 Å². The summed E-state index contributed by atoms with van der Waals surface area (Å²) in [6.07, 6.45) is 3.55. The minimum Gasteiger partial charge on any atom is -0.424 e. The first-order valence-electron chi connectivity index (χ1n) is 6.76. The molecule has 5 nitrogen and oxygen atoms in total. The molecule has 2 heterocycles. The molecule has 0 spiro atoms. The topological polar surface area (TPSA) is 59.9 Å². The molecule has 0 amide bonds. The van der Waals surface area contributed by atoms with Crippen LogP contribution in [0, 0.1) is 6.92 Å². The number of fused-ring (bicyclic) bond motifs is 1. The average Bonchev–Trinajstić information content (AvgIpc) is 2.51. The van der Waals surface area contributed by atoms with Crippen LogP contribution in [0.1, 0.15) is 11.3 Å². The van der Waals surface area contributed by atoms with Gasteiger partial charge in [-0.3, -0.25) is 4.98 Å². The van der Waals surface area contributed by atoms with Gasteiger partial charge in [-0.2, -0.15) is 4.98 Å². The van der Waals surface area contributed by atoms with Crippen molar-refractivity contribution in [3.63, 3.8) is 0 Å². The van der Waals surface area contributed by atoms with Crippen LogP contribution in [-0.4, -0.2) is 22.0 Å². The largest absolute Gasteiger partial charge is 0.424 e. The molecule has 0 atom stereocenters. The summed E-state index contributed by atoms with van der Waals surface area (Å²) in [7, 11) is 1.90. The molecule has 106 valence electrons. The first kappa shape index (κ1) is 13.5. The molecule has 1 N–H and O–H groups in total. The Morgan fingerprint density at radius 2 is 2.05 bits per heavy atom. The highest BCUT2D eigenvalue weighted by Crippen LogP contribution is 2.27. The van der Waals surface area contributed by atoms with Crippen LogP contribution in [0.5, 0.6) is 11.8 Å². The maximum Gasteiger partial charge on any atom is 0.322 e. The van der Waals surface area contributed by atoms with Crippen molar-refractivity contribution in [1.82, 2.24) is 20.3 Å². The number of hydrogen-bond acceptors (Lipinski definition) is 5. The lowest BCUT2D eigenvalue weighted by Crippen LogP contribution is -2.08. The van der Waals surface area contributed by atoms with E-state index >= 15 is 0 Å². The van der Waals surface area contributed by atoms with Crippen LogP contribution in [0.2, 0.25) is 0 Å². The molecular weight excluding hydrogens is 264 g/mol. The Balaban J connectivity index is 1.93. The van der Waals surface area contributed by atoms with Gasteiger partial charge in [0.25, 0.3) is 0 Å². The van der Waals surface area contributed by atoms with Crippen molar-refractivity contribution in [2.24, 2.45) is 0 Å². The zero-order chi connectivity index (χ0) is 14.7. The van der Waals surface area contributed by atoms with E-state index in [1.165, 1.54) is 0 Å². The number of nitrogens with one attached hydrogen (secondary N) is 1. The monoisotopic (exact) mass is 280 g/mol. The SMILES string of the molecule is CNCc1cnc(Oc2cccc3ncccc23)nc1C. The fourth-order valence-electron chi connectivity index (χ4n) is 2.15. The van der Waals surface area contributed by atoms with Crippen LogP contribution in [0.15, 0.2) is 42.7 Å². The van der Waals surface area contributed by atoms with Gasteiger partial charge in [-0.1, -0.05) is 6.07 Å². The highest BCUT2D eigenvalue weighted by atomic mass is 16.5. The lowest BCUT2D eigenvalue weighted by Gasteiger charge is -2.09. The molecule has 2 aromatic heterocycles. The number of aryl methyl sites for hydroxylation is 1. The van der Waals surface area contributed by atoms with E-state index in [2.05, 4.69) is 20.3 Å². The second-order valence-electron chi connectivity index (χ2n) is 4.72. The Kier molecular flexibility index (Phi) is 3.75. The van der Waals surface area contributed by atoms with Crippen molar-refractivity contribution in [3.05, 3.63) is 54.0 Å². The molecule has 0 radical (unpaired) electrons. The predicted octanol–water partition coefficient (Wildman–Crippen LogP) is 2.84. The third-order valence-corrected chi connectivity index (χ3v) is 3.23. The molecule has 3 aromatic rings. The van der Waals surface area contributed by atoms with E-state index in [0.29, 0.717) is 11.8 Å². The number of aromatic nitrogens is 3. The maximum atomic E-state index is 5.82. The zero-order valence-corrected chi connectivity index (χ0v) is 12.0. The van der Waals surface area contributed by atoms with Gasteiger partial charge >= 0.3 is 6.01 Å². The molecule has 0 aliphatic heterocycles. The Morgan fingerprint density at radius 3 is 2.86 bits per heavy atom.